The van der Waals surface area contributed by atoms with E-state index in [2.05, 4.69) is 15.6 Å². The minimum atomic E-state index is -0.876. The van der Waals surface area contributed by atoms with Crippen LogP contribution in [0.4, 0.5) is 9.93 Å². The Morgan fingerprint density at radius 3 is 2.77 bits per heavy atom. The third kappa shape index (κ3) is 2.96. The van der Waals surface area contributed by atoms with Crippen molar-refractivity contribution in [3.8, 4) is 11.3 Å². The molecule has 0 bridgehead atoms. The summed E-state index contributed by atoms with van der Waals surface area (Å²) in [5, 5.41) is 7.68. The van der Waals surface area contributed by atoms with Crippen molar-refractivity contribution in [1.29, 1.82) is 0 Å². The van der Waals surface area contributed by atoms with Gasteiger partial charge in [0, 0.05) is 10.9 Å². The van der Waals surface area contributed by atoms with E-state index < -0.39 is 17.5 Å². The summed E-state index contributed by atoms with van der Waals surface area (Å²) >= 11 is 1.30. The predicted molar refractivity (Wildman–Crippen MR) is 97.6 cm³/mol. The lowest BCUT2D eigenvalue weighted by Crippen LogP contribution is -2.46. The predicted octanol–water partition coefficient (Wildman–Crippen LogP) is 2.47. The van der Waals surface area contributed by atoms with Gasteiger partial charge in [0.25, 0.3) is 5.91 Å². The first kappa shape index (κ1) is 16.7. The van der Waals surface area contributed by atoms with Crippen LogP contribution in [0, 0.1) is 5.92 Å². The lowest BCUT2D eigenvalue weighted by molar-refractivity contribution is -0.134. The molecule has 1 aromatic carbocycles. The molecule has 2 aromatic rings. The van der Waals surface area contributed by atoms with E-state index in [9.17, 15) is 14.4 Å². The largest absolute Gasteiger partial charge is 0.325 e. The molecule has 2 aliphatic rings. The zero-order valence-corrected chi connectivity index (χ0v) is 15.0. The Labute approximate surface area is 154 Å². The summed E-state index contributed by atoms with van der Waals surface area (Å²) in [4.78, 5) is 42.3. The van der Waals surface area contributed by atoms with Crippen molar-refractivity contribution in [1.82, 2.24) is 15.2 Å². The summed E-state index contributed by atoms with van der Waals surface area (Å²) in [5.74, 6) is -0.605. The van der Waals surface area contributed by atoms with Crippen LogP contribution in [0.5, 0.6) is 0 Å². The number of aromatic nitrogens is 1. The summed E-state index contributed by atoms with van der Waals surface area (Å²) in [6.45, 7) is 1.42. The van der Waals surface area contributed by atoms with Crippen LogP contribution < -0.4 is 10.6 Å². The van der Waals surface area contributed by atoms with Crippen LogP contribution in [-0.2, 0) is 9.59 Å². The fourth-order valence-corrected chi connectivity index (χ4v) is 3.91. The van der Waals surface area contributed by atoms with Gasteiger partial charge in [-0.25, -0.2) is 9.78 Å². The number of anilines is 1. The number of nitrogens with one attached hydrogen (secondary N) is 2. The van der Waals surface area contributed by atoms with Crippen molar-refractivity contribution in [2.45, 2.75) is 25.3 Å². The zero-order chi connectivity index (χ0) is 18.3. The number of carbonyl (C=O) groups is 3. The number of amides is 4. The van der Waals surface area contributed by atoms with Gasteiger partial charge in [0.1, 0.15) is 12.1 Å². The molecular formula is C18H18N4O3S. The Morgan fingerprint density at radius 2 is 2.08 bits per heavy atom. The summed E-state index contributed by atoms with van der Waals surface area (Å²) in [5.41, 5.74) is 0.847. The number of hydrogen-bond acceptors (Lipinski definition) is 5. The van der Waals surface area contributed by atoms with Crippen LogP contribution in [0.2, 0.25) is 0 Å². The van der Waals surface area contributed by atoms with Crippen molar-refractivity contribution < 1.29 is 14.4 Å². The SMILES string of the molecule is CC1(C2CC2)NC(=O)N(CC(=O)Nc2nc(-c3ccccc3)cs2)C1=O. The Balaban J connectivity index is 1.41. The van der Waals surface area contributed by atoms with Crippen LogP contribution in [0.1, 0.15) is 19.8 Å². The first-order valence-electron chi connectivity index (χ1n) is 8.42. The third-order valence-corrected chi connectivity index (χ3v) is 5.57. The molecule has 26 heavy (non-hydrogen) atoms. The topological polar surface area (TPSA) is 91.4 Å². The van der Waals surface area contributed by atoms with Gasteiger partial charge in [0.2, 0.25) is 5.91 Å². The number of imide groups is 1. The maximum absolute atomic E-state index is 12.5. The van der Waals surface area contributed by atoms with Crippen molar-refractivity contribution in [2.75, 3.05) is 11.9 Å². The second kappa shape index (κ2) is 6.21. The van der Waals surface area contributed by atoms with Gasteiger partial charge in [0.05, 0.1) is 5.69 Å². The van der Waals surface area contributed by atoms with Crippen LogP contribution >= 0.6 is 11.3 Å². The third-order valence-electron chi connectivity index (χ3n) is 4.82. The standard InChI is InChI=1S/C18H18N4O3S/c1-18(12-7-8-12)15(24)22(17(25)21-18)9-14(23)20-16-19-13(10-26-16)11-5-3-2-4-6-11/h2-6,10,12H,7-9H2,1H3,(H,21,25)(H,19,20,23). The molecule has 0 spiro atoms. The van der Waals surface area contributed by atoms with Gasteiger partial charge < -0.3 is 10.6 Å². The number of benzene rings is 1. The molecule has 1 saturated heterocycles. The summed E-state index contributed by atoms with van der Waals surface area (Å²) in [7, 11) is 0. The van der Waals surface area contributed by atoms with Gasteiger partial charge in [-0.15, -0.1) is 11.3 Å². The van der Waals surface area contributed by atoms with Crippen molar-refractivity contribution in [3.05, 3.63) is 35.7 Å². The van der Waals surface area contributed by atoms with Crippen molar-refractivity contribution in [3.63, 3.8) is 0 Å². The molecule has 7 nitrogen and oxygen atoms in total. The summed E-state index contributed by atoms with van der Waals surface area (Å²) in [6.07, 6.45) is 1.84. The van der Waals surface area contributed by atoms with Crippen molar-refractivity contribution in [2.24, 2.45) is 5.92 Å². The number of rotatable bonds is 5. The fraction of sp³-hybridized carbons (Fsp3) is 0.333. The van der Waals surface area contributed by atoms with Crippen LogP contribution in [-0.4, -0.2) is 39.8 Å². The molecule has 4 amide bonds. The van der Waals surface area contributed by atoms with Gasteiger partial charge >= 0.3 is 6.03 Å². The monoisotopic (exact) mass is 370 g/mol. The number of nitrogens with zero attached hydrogens (tertiary/aromatic N) is 2. The number of urea groups is 1. The van der Waals surface area contributed by atoms with E-state index in [-0.39, 0.29) is 18.4 Å². The average molecular weight is 370 g/mol. The normalized spacial score (nSPS) is 22.4. The molecule has 4 rings (SSSR count). The number of thiazole rings is 1. The first-order valence-corrected chi connectivity index (χ1v) is 9.30. The minimum Gasteiger partial charge on any atom is -0.323 e. The van der Waals surface area contributed by atoms with Gasteiger partial charge in [-0.1, -0.05) is 30.3 Å². The molecule has 1 aromatic heterocycles. The van der Waals surface area contributed by atoms with E-state index in [1.54, 1.807) is 6.92 Å². The smallest absolute Gasteiger partial charge is 0.323 e. The quantitative estimate of drug-likeness (QED) is 0.791. The molecule has 1 aliphatic carbocycles. The van der Waals surface area contributed by atoms with E-state index in [0.717, 1.165) is 29.0 Å². The minimum absolute atomic E-state index is 0.166. The van der Waals surface area contributed by atoms with Crippen molar-refractivity contribution >= 4 is 34.3 Å². The highest BCUT2D eigenvalue weighted by Gasteiger charge is 2.56. The Morgan fingerprint density at radius 1 is 1.35 bits per heavy atom. The van der Waals surface area contributed by atoms with E-state index >= 15 is 0 Å². The van der Waals surface area contributed by atoms with Gasteiger partial charge in [-0.3, -0.25) is 14.5 Å². The molecule has 2 heterocycles. The highest BCUT2D eigenvalue weighted by atomic mass is 32.1. The first-order chi connectivity index (χ1) is 12.5. The molecule has 8 heteroatoms. The zero-order valence-electron chi connectivity index (χ0n) is 14.2. The Hall–Kier alpha value is -2.74. The van der Waals surface area contributed by atoms with Gasteiger partial charge in [0.15, 0.2) is 5.13 Å². The maximum atomic E-state index is 12.5. The Kier molecular flexibility index (Phi) is 3.99. The second-order valence-electron chi connectivity index (χ2n) is 6.75. The van der Waals surface area contributed by atoms with Gasteiger partial charge in [-0.05, 0) is 25.7 Å². The number of hydrogen-bond donors (Lipinski definition) is 2. The molecule has 2 N–H and O–H groups in total. The highest BCUT2D eigenvalue weighted by Crippen LogP contribution is 2.42. The Bertz CT molecular complexity index is 878. The van der Waals surface area contributed by atoms with E-state index in [0.29, 0.717) is 5.13 Å². The molecule has 1 aliphatic heterocycles. The maximum Gasteiger partial charge on any atom is 0.325 e. The molecule has 2 fully saturated rings. The molecule has 1 atom stereocenters. The number of carbonyl (C=O) groups excluding carboxylic acids is 3. The molecule has 134 valence electrons. The molecule has 1 saturated carbocycles. The molecular weight excluding hydrogens is 352 g/mol. The molecule has 1 unspecified atom stereocenters. The van der Waals surface area contributed by atoms with E-state index in [1.807, 2.05) is 35.7 Å². The van der Waals surface area contributed by atoms with Crippen LogP contribution in [0.25, 0.3) is 11.3 Å². The van der Waals surface area contributed by atoms with Gasteiger partial charge in [-0.2, -0.15) is 0 Å². The van der Waals surface area contributed by atoms with E-state index in [1.165, 1.54) is 11.3 Å². The lowest BCUT2D eigenvalue weighted by Gasteiger charge is -2.20. The van der Waals surface area contributed by atoms with E-state index in [4.69, 9.17) is 0 Å². The van der Waals surface area contributed by atoms with Crippen LogP contribution in [0.3, 0.4) is 0 Å². The average Bonchev–Trinajstić information content (AvgIpc) is 3.35. The fourth-order valence-electron chi connectivity index (χ4n) is 3.17. The second-order valence-corrected chi connectivity index (χ2v) is 7.61. The highest BCUT2D eigenvalue weighted by molar-refractivity contribution is 7.14. The lowest BCUT2D eigenvalue weighted by atomic mass is 9.96. The molecule has 0 radical (unpaired) electrons. The summed E-state index contributed by atoms with van der Waals surface area (Å²) in [6, 6.07) is 9.12. The summed E-state index contributed by atoms with van der Waals surface area (Å²) < 4.78 is 0. The van der Waals surface area contributed by atoms with Crippen LogP contribution in [0.15, 0.2) is 35.7 Å².